The number of methoxy groups -OCH3 is 1. The van der Waals surface area contributed by atoms with Gasteiger partial charge in [-0.2, -0.15) is 8.78 Å². The maximum Gasteiger partial charge on any atom is 0.387 e. The molecule has 0 unspecified atom stereocenters. The van der Waals surface area contributed by atoms with E-state index in [4.69, 9.17) is 23.2 Å². The summed E-state index contributed by atoms with van der Waals surface area (Å²) >= 11 is 11.5. The second-order valence-corrected chi connectivity index (χ2v) is 3.75. The van der Waals surface area contributed by atoms with Gasteiger partial charge < -0.3 is 9.47 Å². The maximum atomic E-state index is 12.1. The van der Waals surface area contributed by atoms with Crippen molar-refractivity contribution in [2.45, 2.75) is 13.0 Å². The molecule has 0 aliphatic rings. The van der Waals surface area contributed by atoms with Crippen LogP contribution in [0.2, 0.25) is 10.0 Å². The molecule has 0 saturated carbocycles. The Labute approximate surface area is 106 Å². The molecule has 0 spiro atoms. The van der Waals surface area contributed by atoms with Gasteiger partial charge in [-0.15, -0.1) is 0 Å². The molecule has 0 fully saturated rings. The summed E-state index contributed by atoms with van der Waals surface area (Å²) in [7, 11) is 1.18. The van der Waals surface area contributed by atoms with E-state index in [1.165, 1.54) is 19.2 Å². The Morgan fingerprint density at radius 1 is 1.41 bits per heavy atom. The molecule has 0 N–H and O–H groups in total. The second kappa shape index (κ2) is 6.02. The van der Waals surface area contributed by atoms with Crippen LogP contribution in [-0.2, 0) is 16.0 Å². The summed E-state index contributed by atoms with van der Waals surface area (Å²) in [6, 6.07) is 2.53. The highest BCUT2D eigenvalue weighted by molar-refractivity contribution is 6.42. The van der Waals surface area contributed by atoms with E-state index in [0.717, 1.165) is 0 Å². The molecule has 1 rings (SSSR count). The summed E-state index contributed by atoms with van der Waals surface area (Å²) in [5, 5.41) is 0.141. The molecule has 3 nitrogen and oxygen atoms in total. The third-order valence-electron chi connectivity index (χ3n) is 1.92. The molecule has 0 saturated heterocycles. The van der Waals surface area contributed by atoms with Gasteiger partial charge in [0, 0.05) is 5.56 Å². The first-order valence-corrected chi connectivity index (χ1v) is 5.19. The summed E-state index contributed by atoms with van der Waals surface area (Å²) in [6.45, 7) is -3.01. The highest BCUT2D eigenvalue weighted by atomic mass is 35.5. The number of esters is 1. The van der Waals surface area contributed by atoms with Gasteiger partial charge in [-0.05, 0) is 12.1 Å². The van der Waals surface area contributed by atoms with Crippen LogP contribution >= 0.6 is 23.2 Å². The third-order valence-corrected chi connectivity index (χ3v) is 2.76. The van der Waals surface area contributed by atoms with Crippen LogP contribution in [0.1, 0.15) is 5.56 Å². The number of rotatable bonds is 4. The molecule has 0 bridgehead atoms. The van der Waals surface area contributed by atoms with Crippen molar-refractivity contribution in [3.8, 4) is 5.75 Å². The van der Waals surface area contributed by atoms with Crippen molar-refractivity contribution < 1.29 is 23.0 Å². The first-order valence-electron chi connectivity index (χ1n) is 4.44. The number of ether oxygens (including phenoxy) is 2. The Kier molecular flexibility index (Phi) is 4.96. The van der Waals surface area contributed by atoms with Gasteiger partial charge in [-0.1, -0.05) is 23.2 Å². The van der Waals surface area contributed by atoms with Gasteiger partial charge in [0.05, 0.1) is 23.6 Å². The number of hydrogen-bond acceptors (Lipinski definition) is 3. The molecular formula is C10H8Cl2F2O3. The van der Waals surface area contributed by atoms with Crippen LogP contribution in [0.4, 0.5) is 8.78 Å². The first kappa shape index (κ1) is 14.0. The van der Waals surface area contributed by atoms with E-state index in [1.54, 1.807) is 0 Å². The average Bonchev–Trinajstić information content (AvgIpc) is 2.27. The van der Waals surface area contributed by atoms with Crippen molar-refractivity contribution >= 4 is 29.2 Å². The van der Waals surface area contributed by atoms with E-state index in [9.17, 15) is 13.6 Å². The zero-order valence-corrected chi connectivity index (χ0v) is 10.2. The van der Waals surface area contributed by atoms with E-state index in [-0.39, 0.29) is 27.8 Å². The lowest BCUT2D eigenvalue weighted by Crippen LogP contribution is -2.10. The fraction of sp³-hybridized carbons (Fsp3) is 0.300. The van der Waals surface area contributed by atoms with Gasteiger partial charge in [0.1, 0.15) is 5.75 Å². The largest absolute Gasteiger partial charge is 0.469 e. The molecule has 0 atom stereocenters. The van der Waals surface area contributed by atoms with Crippen molar-refractivity contribution in [1.82, 2.24) is 0 Å². The molecule has 7 heteroatoms. The standard InChI is InChI=1S/C10H8Cl2F2O3/c1-16-8(15)4-5-7(17-10(13)14)3-2-6(11)9(5)12/h2-3,10H,4H2,1H3. The molecule has 0 heterocycles. The van der Waals surface area contributed by atoms with Crippen LogP contribution in [-0.4, -0.2) is 19.7 Å². The molecule has 17 heavy (non-hydrogen) atoms. The minimum absolute atomic E-state index is 0.00443. The van der Waals surface area contributed by atoms with Gasteiger partial charge in [-0.25, -0.2) is 0 Å². The number of hydrogen-bond donors (Lipinski definition) is 0. The van der Waals surface area contributed by atoms with Crippen LogP contribution < -0.4 is 4.74 Å². The second-order valence-electron chi connectivity index (χ2n) is 2.97. The Morgan fingerprint density at radius 2 is 2.06 bits per heavy atom. The summed E-state index contributed by atoms with van der Waals surface area (Å²) < 4.78 is 32.9. The minimum atomic E-state index is -3.01. The van der Waals surface area contributed by atoms with E-state index >= 15 is 0 Å². The highest BCUT2D eigenvalue weighted by Gasteiger charge is 2.18. The van der Waals surface area contributed by atoms with Crippen molar-refractivity contribution in [2.75, 3.05) is 7.11 Å². The number of benzene rings is 1. The number of carbonyl (C=O) groups excluding carboxylic acids is 1. The summed E-state index contributed by atoms with van der Waals surface area (Å²) in [5.41, 5.74) is 0.0753. The van der Waals surface area contributed by atoms with Crippen molar-refractivity contribution in [2.24, 2.45) is 0 Å². The zero-order valence-electron chi connectivity index (χ0n) is 8.68. The van der Waals surface area contributed by atoms with Crippen LogP contribution in [0, 0.1) is 0 Å². The molecule has 1 aromatic rings. The van der Waals surface area contributed by atoms with Crippen LogP contribution in [0.25, 0.3) is 0 Å². The van der Waals surface area contributed by atoms with E-state index in [2.05, 4.69) is 9.47 Å². The molecule has 0 aliphatic carbocycles. The normalized spacial score (nSPS) is 10.5. The Bertz CT molecular complexity index is 424. The van der Waals surface area contributed by atoms with E-state index in [0.29, 0.717) is 0 Å². The lowest BCUT2D eigenvalue weighted by Gasteiger charge is -2.12. The van der Waals surface area contributed by atoms with Crippen LogP contribution in [0.3, 0.4) is 0 Å². The smallest absolute Gasteiger partial charge is 0.387 e. The predicted octanol–water partition coefficient (Wildman–Crippen LogP) is 3.31. The van der Waals surface area contributed by atoms with Gasteiger partial charge in [0.15, 0.2) is 0 Å². The first-order chi connectivity index (χ1) is 7.95. The number of carbonyl (C=O) groups is 1. The predicted molar refractivity (Wildman–Crippen MR) is 58.8 cm³/mol. The van der Waals surface area contributed by atoms with Gasteiger partial charge in [0.25, 0.3) is 0 Å². The highest BCUT2D eigenvalue weighted by Crippen LogP contribution is 2.34. The SMILES string of the molecule is COC(=O)Cc1c(OC(F)F)ccc(Cl)c1Cl. The molecule has 0 radical (unpaired) electrons. The van der Waals surface area contributed by atoms with E-state index in [1.807, 2.05) is 0 Å². The summed E-state index contributed by atoms with van der Waals surface area (Å²) in [4.78, 5) is 11.1. The fourth-order valence-electron chi connectivity index (χ4n) is 1.16. The average molecular weight is 285 g/mol. The Morgan fingerprint density at radius 3 is 2.59 bits per heavy atom. The Balaban J connectivity index is 3.11. The Hall–Kier alpha value is -1.07. The monoisotopic (exact) mass is 284 g/mol. The third kappa shape index (κ3) is 3.71. The molecule has 0 amide bonds. The van der Waals surface area contributed by atoms with Crippen LogP contribution in [0.5, 0.6) is 5.75 Å². The van der Waals surface area contributed by atoms with Crippen molar-refractivity contribution in [3.63, 3.8) is 0 Å². The fourth-order valence-corrected chi connectivity index (χ4v) is 1.56. The van der Waals surface area contributed by atoms with Crippen LogP contribution in [0.15, 0.2) is 12.1 Å². The summed E-state index contributed by atoms with van der Waals surface area (Å²) in [6.07, 6.45) is -0.294. The molecule has 1 aromatic carbocycles. The van der Waals surface area contributed by atoms with Gasteiger partial charge in [-0.3, -0.25) is 4.79 Å². The quantitative estimate of drug-likeness (QED) is 0.796. The van der Waals surface area contributed by atoms with Gasteiger partial charge in [0.2, 0.25) is 0 Å². The molecular weight excluding hydrogens is 277 g/mol. The molecule has 0 aromatic heterocycles. The van der Waals surface area contributed by atoms with Crippen molar-refractivity contribution in [3.05, 3.63) is 27.7 Å². The van der Waals surface area contributed by atoms with Crippen molar-refractivity contribution in [1.29, 1.82) is 0 Å². The maximum absolute atomic E-state index is 12.1. The van der Waals surface area contributed by atoms with E-state index < -0.39 is 12.6 Å². The molecule has 0 aliphatic heterocycles. The zero-order chi connectivity index (χ0) is 13.0. The topological polar surface area (TPSA) is 35.5 Å². The molecule has 94 valence electrons. The lowest BCUT2D eigenvalue weighted by molar-refractivity contribution is -0.139. The summed E-state index contributed by atoms with van der Waals surface area (Å²) in [5.74, 6) is -0.826. The minimum Gasteiger partial charge on any atom is -0.469 e. The number of halogens is 4. The van der Waals surface area contributed by atoms with Gasteiger partial charge >= 0.3 is 12.6 Å². The lowest BCUT2D eigenvalue weighted by atomic mass is 10.1. The number of alkyl halides is 2.